The predicted octanol–water partition coefficient (Wildman–Crippen LogP) is 0.757. The Morgan fingerprint density at radius 2 is 1.53 bits per heavy atom. The molecule has 15 heavy (non-hydrogen) atoms. The largest absolute Gasteiger partial charge is 0.335 e. The van der Waals surface area contributed by atoms with Crippen molar-refractivity contribution in [2.75, 3.05) is 0 Å². The Kier molecular flexibility index (Phi) is 3.39. The van der Waals surface area contributed by atoms with E-state index in [-0.39, 0.29) is 4.90 Å². The highest BCUT2D eigenvalue weighted by atomic mass is 35.5. The first-order valence-electron chi connectivity index (χ1n) is 3.75. The fourth-order valence-corrected chi connectivity index (χ4v) is 3.77. The third kappa shape index (κ3) is 2.31. The van der Waals surface area contributed by atoms with Crippen molar-refractivity contribution in [3.8, 4) is 0 Å². The highest BCUT2D eigenvalue weighted by Crippen LogP contribution is 2.16. The van der Waals surface area contributed by atoms with E-state index >= 15 is 0 Å². The molecule has 8 heteroatoms. The van der Waals surface area contributed by atoms with Crippen LogP contribution in [0.25, 0.3) is 0 Å². The molecule has 0 atom stereocenters. The molecule has 0 aliphatic heterocycles. The maximum absolute atomic E-state index is 11.5. The van der Waals surface area contributed by atoms with Crippen molar-refractivity contribution in [1.29, 1.82) is 0 Å². The Morgan fingerprint density at radius 1 is 1.07 bits per heavy atom. The van der Waals surface area contributed by atoms with Gasteiger partial charge in [0.2, 0.25) is 0 Å². The summed E-state index contributed by atoms with van der Waals surface area (Å²) in [5.41, 5.74) is 0.824. The van der Waals surface area contributed by atoms with Gasteiger partial charge >= 0.3 is 9.06 Å². The fraction of sp³-hybridized carbons (Fsp3) is 0.143. The van der Waals surface area contributed by atoms with Gasteiger partial charge in [0.25, 0.3) is 8.87 Å². The number of aryl methyl sites for hydroxylation is 1. The van der Waals surface area contributed by atoms with Gasteiger partial charge in [0, 0.05) is 0 Å². The maximum Gasteiger partial charge on any atom is 0.335 e. The third-order valence-corrected chi connectivity index (χ3v) is 6.75. The molecule has 0 aliphatic carbocycles. The molecule has 0 bridgehead atoms. The average Bonchev–Trinajstić information content (AvgIpc) is 2.18. The summed E-state index contributed by atoms with van der Waals surface area (Å²) < 4.78 is 46.3. The van der Waals surface area contributed by atoms with Gasteiger partial charge in [-0.2, -0.15) is 8.42 Å². The maximum atomic E-state index is 11.5. The second-order valence-electron chi connectivity index (χ2n) is 2.80. The average molecular weight is 270 g/mol. The van der Waals surface area contributed by atoms with Crippen LogP contribution in [0.1, 0.15) is 5.56 Å². The van der Waals surface area contributed by atoms with E-state index in [9.17, 15) is 16.8 Å². The van der Waals surface area contributed by atoms with Gasteiger partial charge in [-0.15, -0.1) is 4.24 Å². The molecule has 5 nitrogen and oxygen atoms in total. The van der Waals surface area contributed by atoms with Gasteiger partial charge < -0.3 is 0 Å². The van der Waals surface area contributed by atoms with E-state index < -0.39 is 17.9 Å². The molecule has 0 heterocycles. The van der Waals surface area contributed by atoms with Crippen LogP contribution < -0.4 is 4.24 Å². The fourth-order valence-electron chi connectivity index (χ4n) is 0.873. The lowest BCUT2D eigenvalue weighted by atomic mass is 10.2. The minimum atomic E-state index is -4.58. The van der Waals surface area contributed by atoms with E-state index in [0.29, 0.717) is 0 Å². The summed E-state index contributed by atoms with van der Waals surface area (Å²) >= 11 is 4.84. The number of halogens is 1. The predicted molar refractivity (Wildman–Crippen MR) is 56.3 cm³/mol. The SMILES string of the molecule is Cc1ccc(S(=O)(=O)S(=O)(=O)NCl)cc1. The molecule has 0 amide bonds. The molecule has 1 N–H and O–H groups in total. The summed E-state index contributed by atoms with van der Waals surface area (Å²) in [4.78, 5) is -0.318. The van der Waals surface area contributed by atoms with E-state index in [1.165, 1.54) is 28.5 Å². The van der Waals surface area contributed by atoms with Crippen LogP contribution in [0.2, 0.25) is 0 Å². The second kappa shape index (κ2) is 4.09. The Labute approximate surface area is 92.5 Å². The highest BCUT2D eigenvalue weighted by Gasteiger charge is 2.30. The molecule has 0 aromatic heterocycles. The van der Waals surface area contributed by atoms with E-state index in [2.05, 4.69) is 0 Å². The molecule has 0 spiro atoms. The zero-order valence-electron chi connectivity index (χ0n) is 7.64. The first kappa shape index (κ1) is 12.4. The molecule has 0 aliphatic rings. The first-order valence-corrected chi connectivity index (χ1v) is 7.61. The lowest BCUT2D eigenvalue weighted by Gasteiger charge is -2.03. The van der Waals surface area contributed by atoms with Gasteiger partial charge in [-0.05, 0) is 30.8 Å². The normalized spacial score (nSPS) is 12.7. The Bertz CT molecular complexity index is 547. The molecular formula is C7H8ClNO4S2. The first-order chi connectivity index (χ1) is 6.81. The standard InChI is InChI=1S/C7H8ClNO4S2/c1-6-2-4-7(5-3-6)14(10,11)15(12,13)9-8/h2-5,9H,1H3. The highest BCUT2D eigenvalue weighted by molar-refractivity contribution is 8.66. The van der Waals surface area contributed by atoms with Crippen LogP contribution in [0.3, 0.4) is 0 Å². The molecule has 1 rings (SSSR count). The van der Waals surface area contributed by atoms with Crippen molar-refractivity contribution >= 4 is 29.7 Å². The number of benzene rings is 1. The summed E-state index contributed by atoms with van der Waals surface area (Å²) in [5.74, 6) is 0. The minimum Gasteiger partial charge on any atom is -0.206 e. The molecule has 0 saturated carbocycles. The smallest absolute Gasteiger partial charge is 0.206 e. The van der Waals surface area contributed by atoms with Gasteiger partial charge in [0.15, 0.2) is 0 Å². The van der Waals surface area contributed by atoms with Gasteiger partial charge in [-0.3, -0.25) is 0 Å². The van der Waals surface area contributed by atoms with Crippen LogP contribution in [0.15, 0.2) is 29.2 Å². The van der Waals surface area contributed by atoms with E-state index in [1.54, 1.807) is 6.92 Å². The van der Waals surface area contributed by atoms with Gasteiger partial charge in [0.05, 0.1) is 4.90 Å². The minimum absolute atomic E-state index is 0.318. The van der Waals surface area contributed by atoms with Crippen LogP contribution in [0.5, 0.6) is 0 Å². The van der Waals surface area contributed by atoms with Crippen molar-refractivity contribution in [1.82, 2.24) is 4.24 Å². The van der Waals surface area contributed by atoms with Crippen LogP contribution in [0, 0.1) is 6.92 Å². The van der Waals surface area contributed by atoms with Crippen molar-refractivity contribution in [2.45, 2.75) is 11.8 Å². The molecule has 1 aromatic rings. The quantitative estimate of drug-likeness (QED) is 0.649. The van der Waals surface area contributed by atoms with Gasteiger partial charge in [-0.1, -0.05) is 17.7 Å². The number of hydrogen-bond donors (Lipinski definition) is 1. The molecule has 84 valence electrons. The second-order valence-corrected chi connectivity index (χ2v) is 8.34. The summed E-state index contributed by atoms with van der Waals surface area (Å²) in [6.45, 7) is 1.75. The van der Waals surface area contributed by atoms with E-state index in [4.69, 9.17) is 11.8 Å². The lowest BCUT2D eigenvalue weighted by molar-refractivity contribution is 0.581. The molecule has 1 aromatic carbocycles. The zero-order valence-corrected chi connectivity index (χ0v) is 10.0. The van der Waals surface area contributed by atoms with Gasteiger partial charge in [0.1, 0.15) is 0 Å². The van der Waals surface area contributed by atoms with Crippen molar-refractivity contribution < 1.29 is 16.8 Å². The number of rotatable bonds is 3. The van der Waals surface area contributed by atoms with Crippen LogP contribution in [0.4, 0.5) is 0 Å². The monoisotopic (exact) mass is 269 g/mol. The molecule has 0 radical (unpaired) electrons. The zero-order chi connectivity index (χ0) is 11.7. The van der Waals surface area contributed by atoms with Crippen LogP contribution in [-0.4, -0.2) is 16.8 Å². The van der Waals surface area contributed by atoms with E-state index in [0.717, 1.165) is 5.56 Å². The van der Waals surface area contributed by atoms with E-state index in [1.807, 2.05) is 0 Å². The van der Waals surface area contributed by atoms with Crippen molar-refractivity contribution in [3.63, 3.8) is 0 Å². The summed E-state index contributed by atoms with van der Waals surface area (Å²) in [7, 11) is -9.05. The van der Waals surface area contributed by atoms with Gasteiger partial charge in [-0.25, -0.2) is 8.42 Å². The topological polar surface area (TPSA) is 80.3 Å². The molecule has 0 unspecified atom stereocenters. The van der Waals surface area contributed by atoms with Crippen LogP contribution in [-0.2, 0) is 17.9 Å². The summed E-state index contributed by atoms with van der Waals surface area (Å²) in [6.07, 6.45) is 0. The molecule has 0 saturated heterocycles. The van der Waals surface area contributed by atoms with Crippen LogP contribution >= 0.6 is 11.8 Å². The Morgan fingerprint density at radius 3 is 1.93 bits per heavy atom. The number of hydrogen-bond acceptors (Lipinski definition) is 4. The summed E-state index contributed by atoms with van der Waals surface area (Å²) in [5, 5.41) is 0. The Balaban J connectivity index is 3.37. The molecular weight excluding hydrogens is 262 g/mol. The number of nitrogens with one attached hydrogen (secondary N) is 1. The Hall–Kier alpha value is -0.630. The van der Waals surface area contributed by atoms with Crippen molar-refractivity contribution in [2.24, 2.45) is 0 Å². The summed E-state index contributed by atoms with van der Waals surface area (Å²) in [6, 6.07) is 5.40. The van der Waals surface area contributed by atoms with Crippen molar-refractivity contribution in [3.05, 3.63) is 29.8 Å². The lowest BCUT2D eigenvalue weighted by Crippen LogP contribution is -2.24. The molecule has 0 fully saturated rings. The third-order valence-electron chi connectivity index (χ3n) is 1.69.